The van der Waals surface area contributed by atoms with E-state index in [1.807, 2.05) is 0 Å². The van der Waals surface area contributed by atoms with Gasteiger partial charge in [-0.25, -0.2) is 8.78 Å². The Balaban J connectivity index is 1.40. The first-order valence-corrected chi connectivity index (χ1v) is 12.5. The minimum atomic E-state index is -0.954. The number of thiol groups is 1. The number of amides is 1. The van der Waals surface area contributed by atoms with E-state index in [0.29, 0.717) is 27.5 Å². The smallest absolute Gasteiger partial charge is 0.325 e. The van der Waals surface area contributed by atoms with E-state index in [9.17, 15) is 18.4 Å². The van der Waals surface area contributed by atoms with Gasteiger partial charge < -0.3 is 24.1 Å². The van der Waals surface area contributed by atoms with Crippen molar-refractivity contribution in [1.82, 2.24) is 10.2 Å². The van der Waals surface area contributed by atoms with E-state index in [4.69, 9.17) is 13.9 Å². The van der Waals surface area contributed by atoms with Gasteiger partial charge in [-0.3, -0.25) is 9.59 Å². The molecular weight excluding hydrogens is 502 g/mol. The number of ether oxygens (including phenoxy) is 2. The Labute approximate surface area is 219 Å². The van der Waals surface area contributed by atoms with Gasteiger partial charge in [0.25, 0.3) is 5.91 Å². The van der Waals surface area contributed by atoms with Crippen molar-refractivity contribution in [2.24, 2.45) is 0 Å². The number of carbonyl (C=O) groups is 2. The first-order valence-electron chi connectivity index (χ1n) is 12.0. The first kappa shape index (κ1) is 26.7. The van der Waals surface area contributed by atoms with Crippen LogP contribution in [0.2, 0.25) is 0 Å². The Morgan fingerprint density at radius 1 is 1.08 bits per heavy atom. The van der Waals surface area contributed by atoms with E-state index in [0.717, 1.165) is 38.1 Å². The third-order valence-corrected chi connectivity index (χ3v) is 6.44. The topological polar surface area (TPSA) is 81.0 Å². The molecule has 4 rings (SSSR count). The fraction of sp³-hybridized carbons (Fsp3) is 0.333. The molecule has 0 radical (unpaired) electrons. The monoisotopic (exact) mass is 530 g/mol. The van der Waals surface area contributed by atoms with Crippen molar-refractivity contribution in [2.45, 2.75) is 37.3 Å². The molecular formula is C27H28F2N2O5S. The van der Waals surface area contributed by atoms with E-state index in [2.05, 4.69) is 17.9 Å². The van der Waals surface area contributed by atoms with Crippen LogP contribution in [0.5, 0.6) is 5.75 Å². The van der Waals surface area contributed by atoms with E-state index >= 15 is 0 Å². The molecule has 1 saturated heterocycles. The number of esters is 1. The number of rotatable bonds is 9. The quantitative estimate of drug-likeness (QED) is 0.304. The van der Waals surface area contributed by atoms with Crippen molar-refractivity contribution in [3.63, 3.8) is 0 Å². The molecule has 3 aromatic rings. The van der Waals surface area contributed by atoms with Gasteiger partial charge in [0.15, 0.2) is 17.4 Å². The number of carbonyl (C=O) groups excluding carboxylic acids is 2. The third-order valence-electron chi connectivity index (χ3n) is 6.07. The molecule has 0 aliphatic carbocycles. The molecule has 0 spiro atoms. The second-order valence-corrected chi connectivity index (χ2v) is 9.06. The fourth-order valence-corrected chi connectivity index (χ4v) is 4.50. The number of hydrogen-bond acceptors (Lipinski definition) is 7. The Morgan fingerprint density at radius 3 is 2.49 bits per heavy atom. The molecule has 1 fully saturated rings. The predicted octanol–water partition coefficient (Wildman–Crippen LogP) is 4.85. The van der Waals surface area contributed by atoms with Crippen molar-refractivity contribution >= 4 is 24.5 Å². The summed E-state index contributed by atoms with van der Waals surface area (Å²) in [5.41, 5.74) is 1.12. The Hall–Kier alpha value is -3.37. The third kappa shape index (κ3) is 6.69. The molecule has 2 aromatic carbocycles. The predicted molar refractivity (Wildman–Crippen MR) is 136 cm³/mol. The van der Waals surface area contributed by atoms with Crippen molar-refractivity contribution in [2.75, 3.05) is 26.2 Å². The normalized spacial score (nSPS) is 13.8. The maximum Gasteiger partial charge on any atom is 0.325 e. The highest BCUT2D eigenvalue weighted by molar-refractivity contribution is 7.80. The summed E-state index contributed by atoms with van der Waals surface area (Å²) in [7, 11) is 0. The van der Waals surface area contributed by atoms with Crippen LogP contribution in [0.1, 0.15) is 36.1 Å². The lowest BCUT2D eigenvalue weighted by molar-refractivity contribution is -0.144. The average Bonchev–Trinajstić information content (AvgIpc) is 3.38. The van der Waals surface area contributed by atoms with Gasteiger partial charge in [0.1, 0.15) is 24.7 Å². The van der Waals surface area contributed by atoms with Crippen LogP contribution in [0.25, 0.3) is 11.1 Å². The molecule has 37 heavy (non-hydrogen) atoms. The standard InChI is InChI=1S/C27H28F2N2O5S/c1-2-34-26(32)15-31(18-9-11-30-12-10-18)27(33)24-8-7-20(36-24)16-35-19-5-3-17(4-6-19)21-13-22(28)23(29)14-25(21)37/h3-8,13-14,18,30,37H,2,9-12,15-16H2,1H3. The first-order chi connectivity index (χ1) is 17.9. The van der Waals surface area contributed by atoms with Crippen LogP contribution in [-0.2, 0) is 16.1 Å². The van der Waals surface area contributed by atoms with Gasteiger partial charge in [-0.1, -0.05) is 12.1 Å². The number of piperidine rings is 1. The number of halogens is 2. The van der Waals surface area contributed by atoms with Crippen LogP contribution in [0, 0.1) is 11.6 Å². The van der Waals surface area contributed by atoms with Crippen molar-refractivity contribution in [1.29, 1.82) is 0 Å². The summed E-state index contributed by atoms with van der Waals surface area (Å²) < 4.78 is 43.6. The molecule has 1 aromatic heterocycles. The maximum atomic E-state index is 13.6. The van der Waals surface area contributed by atoms with Crippen molar-refractivity contribution < 1.29 is 32.3 Å². The zero-order valence-electron chi connectivity index (χ0n) is 20.3. The number of furan rings is 1. The highest BCUT2D eigenvalue weighted by Gasteiger charge is 2.30. The average molecular weight is 531 g/mol. The zero-order valence-corrected chi connectivity index (χ0v) is 21.2. The molecule has 1 aliphatic rings. The molecule has 0 atom stereocenters. The summed E-state index contributed by atoms with van der Waals surface area (Å²) in [5.74, 6) is -1.65. The molecule has 7 nitrogen and oxygen atoms in total. The van der Waals surface area contributed by atoms with E-state index in [1.54, 1.807) is 43.3 Å². The molecule has 10 heteroatoms. The highest BCUT2D eigenvalue weighted by atomic mass is 32.1. The molecule has 0 bridgehead atoms. The number of nitrogens with one attached hydrogen (secondary N) is 1. The van der Waals surface area contributed by atoms with Crippen LogP contribution in [0.3, 0.4) is 0 Å². The SMILES string of the molecule is CCOC(=O)CN(C(=O)c1ccc(COc2ccc(-c3cc(F)c(F)cc3S)cc2)o1)C1CCNCC1. The van der Waals surface area contributed by atoms with Crippen molar-refractivity contribution in [3.8, 4) is 16.9 Å². The Bertz CT molecular complexity index is 1240. The van der Waals surface area contributed by atoms with Gasteiger partial charge in [-0.05, 0) is 80.4 Å². The minimum absolute atomic E-state index is 0.0703. The van der Waals surface area contributed by atoms with Crippen LogP contribution in [0.4, 0.5) is 8.78 Å². The number of nitrogens with zero attached hydrogens (tertiary/aromatic N) is 1. The van der Waals surface area contributed by atoms with Gasteiger partial charge in [0.05, 0.1) is 6.61 Å². The summed E-state index contributed by atoms with van der Waals surface area (Å²) >= 11 is 4.23. The van der Waals surface area contributed by atoms with Gasteiger partial charge in [0, 0.05) is 10.9 Å². The summed E-state index contributed by atoms with van der Waals surface area (Å²) in [6.07, 6.45) is 1.47. The molecule has 2 heterocycles. The molecule has 0 saturated carbocycles. The molecule has 0 unspecified atom stereocenters. The Kier molecular flexibility index (Phi) is 8.83. The van der Waals surface area contributed by atoms with Gasteiger partial charge >= 0.3 is 5.97 Å². The molecule has 196 valence electrons. The summed E-state index contributed by atoms with van der Waals surface area (Å²) in [5, 5.41) is 3.25. The van der Waals surface area contributed by atoms with E-state index in [-0.39, 0.29) is 37.5 Å². The van der Waals surface area contributed by atoms with Crippen LogP contribution in [0.15, 0.2) is 57.8 Å². The molecule has 1 aliphatic heterocycles. The van der Waals surface area contributed by atoms with Crippen LogP contribution in [-0.4, -0.2) is 49.1 Å². The minimum Gasteiger partial charge on any atom is -0.486 e. The second-order valence-electron chi connectivity index (χ2n) is 8.58. The summed E-state index contributed by atoms with van der Waals surface area (Å²) in [6, 6.07) is 12.1. The van der Waals surface area contributed by atoms with E-state index in [1.165, 1.54) is 4.90 Å². The largest absolute Gasteiger partial charge is 0.486 e. The van der Waals surface area contributed by atoms with Crippen LogP contribution < -0.4 is 10.1 Å². The molecule has 1 amide bonds. The zero-order chi connectivity index (χ0) is 26.4. The Morgan fingerprint density at radius 2 is 1.78 bits per heavy atom. The van der Waals surface area contributed by atoms with Crippen LogP contribution >= 0.6 is 12.6 Å². The second kappa shape index (κ2) is 12.2. The summed E-state index contributed by atoms with van der Waals surface area (Å²) in [4.78, 5) is 27.2. The fourth-order valence-electron chi connectivity index (χ4n) is 4.20. The lowest BCUT2D eigenvalue weighted by atomic mass is 10.0. The van der Waals surface area contributed by atoms with Gasteiger partial charge in [0.2, 0.25) is 0 Å². The van der Waals surface area contributed by atoms with Crippen molar-refractivity contribution in [3.05, 3.63) is 71.7 Å². The number of benzene rings is 2. The number of hydrogen-bond donors (Lipinski definition) is 2. The highest BCUT2D eigenvalue weighted by Crippen LogP contribution is 2.30. The van der Waals surface area contributed by atoms with Gasteiger partial charge in [-0.15, -0.1) is 12.6 Å². The van der Waals surface area contributed by atoms with E-state index < -0.39 is 17.6 Å². The van der Waals surface area contributed by atoms with Gasteiger partial charge in [-0.2, -0.15) is 0 Å². The lowest BCUT2D eigenvalue weighted by Gasteiger charge is -2.33. The maximum absolute atomic E-state index is 13.6. The summed E-state index contributed by atoms with van der Waals surface area (Å²) in [6.45, 7) is 3.43. The lowest BCUT2D eigenvalue weighted by Crippen LogP contribution is -2.48. The molecule has 1 N–H and O–H groups in total.